The van der Waals surface area contributed by atoms with Crippen molar-refractivity contribution in [1.29, 1.82) is 0 Å². The molecule has 15 nitrogen and oxygen atoms in total. The van der Waals surface area contributed by atoms with Gasteiger partial charge in [-0.25, -0.2) is 0 Å². The number of aromatic nitrogens is 5. The second-order valence-electron chi connectivity index (χ2n) is 10.2. The molecule has 2 aromatic rings. The van der Waals surface area contributed by atoms with Crippen LogP contribution < -0.4 is 15.5 Å². The van der Waals surface area contributed by atoms with E-state index in [2.05, 4.69) is 35.5 Å². The summed E-state index contributed by atoms with van der Waals surface area (Å²) >= 11 is 0. The zero-order chi connectivity index (χ0) is 29.6. The molecule has 2 aliphatic rings. The molecule has 0 atom stereocenters. The van der Waals surface area contributed by atoms with E-state index >= 15 is 0 Å². The molecule has 15 heteroatoms. The maximum absolute atomic E-state index is 11.5. The van der Waals surface area contributed by atoms with Crippen molar-refractivity contribution in [2.75, 3.05) is 88.9 Å². The number of rotatable bonds is 16. The van der Waals surface area contributed by atoms with Crippen molar-refractivity contribution in [2.45, 2.75) is 51.2 Å². The van der Waals surface area contributed by atoms with Crippen molar-refractivity contribution in [1.82, 2.24) is 29.9 Å². The lowest BCUT2D eigenvalue weighted by atomic mass is 10.0. The van der Waals surface area contributed by atoms with Gasteiger partial charge in [-0.2, -0.15) is 9.97 Å². The van der Waals surface area contributed by atoms with E-state index < -0.39 is 0 Å². The number of esters is 2. The molecule has 2 N–H and O–H groups in total. The van der Waals surface area contributed by atoms with Gasteiger partial charge in [-0.05, 0) is 19.3 Å². The highest BCUT2D eigenvalue weighted by molar-refractivity contribution is 5.69. The number of nitrogens with one attached hydrogen (secondary N) is 2. The van der Waals surface area contributed by atoms with Gasteiger partial charge in [0.2, 0.25) is 5.95 Å². The Morgan fingerprint density at radius 1 is 1.00 bits per heavy atom. The number of carbonyl (C=O) groups excluding carboxylic acids is 2. The van der Waals surface area contributed by atoms with Crippen LogP contribution in [0, 0.1) is 0 Å². The summed E-state index contributed by atoms with van der Waals surface area (Å²) in [5, 5.41) is 15.4. The van der Waals surface area contributed by atoms with Crippen molar-refractivity contribution in [3.8, 4) is 0 Å². The number of piperidine rings is 1. The predicted octanol–water partition coefficient (Wildman–Crippen LogP) is 0.926. The summed E-state index contributed by atoms with van der Waals surface area (Å²) in [5.41, 5.74) is 0.774. The molecule has 232 valence electrons. The molecule has 0 aliphatic carbocycles. The fraction of sp³-hybridized carbons (Fsp3) is 0.704. The van der Waals surface area contributed by atoms with Gasteiger partial charge in [-0.3, -0.25) is 14.3 Å². The number of carbonyl (C=O) groups is 2. The highest BCUT2D eigenvalue weighted by Crippen LogP contribution is 2.22. The summed E-state index contributed by atoms with van der Waals surface area (Å²) in [6.07, 6.45) is 5.22. The smallest absolute Gasteiger partial charge is 0.307 e. The van der Waals surface area contributed by atoms with Crippen LogP contribution in [0.2, 0.25) is 0 Å². The van der Waals surface area contributed by atoms with Crippen LogP contribution in [0.15, 0.2) is 12.3 Å². The third-order valence-electron chi connectivity index (χ3n) is 7.21. The Bertz CT molecular complexity index is 1120. The number of anilines is 3. The number of nitrogens with zero attached hydrogens (tertiary/aromatic N) is 7. The van der Waals surface area contributed by atoms with Crippen molar-refractivity contribution in [2.24, 2.45) is 0 Å². The van der Waals surface area contributed by atoms with Crippen LogP contribution in [0.3, 0.4) is 0 Å². The van der Waals surface area contributed by atoms with E-state index in [1.54, 1.807) is 4.68 Å². The average Bonchev–Trinajstić information content (AvgIpc) is 3.49. The van der Waals surface area contributed by atoms with E-state index in [1.807, 2.05) is 12.3 Å². The van der Waals surface area contributed by atoms with Gasteiger partial charge in [-0.1, -0.05) is 5.21 Å². The maximum atomic E-state index is 11.5. The lowest BCUT2D eigenvalue weighted by Gasteiger charge is -2.33. The molecule has 2 aromatic heterocycles. The molecule has 2 fully saturated rings. The Morgan fingerprint density at radius 3 is 2.52 bits per heavy atom. The molecule has 4 rings (SSSR count). The fourth-order valence-corrected chi connectivity index (χ4v) is 4.79. The molecule has 4 heterocycles. The van der Waals surface area contributed by atoms with Crippen LogP contribution >= 0.6 is 0 Å². The van der Waals surface area contributed by atoms with Crippen molar-refractivity contribution in [3.05, 3.63) is 18.0 Å². The minimum atomic E-state index is -0.278. The van der Waals surface area contributed by atoms with Gasteiger partial charge in [0, 0.05) is 58.0 Å². The summed E-state index contributed by atoms with van der Waals surface area (Å²) < 4.78 is 22.1. The minimum Gasteiger partial charge on any atom is -0.469 e. The zero-order valence-corrected chi connectivity index (χ0v) is 24.6. The highest BCUT2D eigenvalue weighted by atomic mass is 16.5. The number of hydrogen-bond donors (Lipinski definition) is 2. The minimum absolute atomic E-state index is 0.173. The first-order valence-electron chi connectivity index (χ1n) is 14.6. The van der Waals surface area contributed by atoms with Crippen LogP contribution in [-0.4, -0.2) is 121 Å². The summed E-state index contributed by atoms with van der Waals surface area (Å²) in [6, 6.07) is 2.29. The van der Waals surface area contributed by atoms with Gasteiger partial charge in [0.25, 0.3) is 0 Å². The van der Waals surface area contributed by atoms with E-state index in [1.165, 1.54) is 14.2 Å². The number of methoxy groups -OCH3 is 2. The first-order valence-corrected chi connectivity index (χ1v) is 14.6. The lowest BCUT2D eigenvalue weighted by Crippen LogP contribution is -2.40. The second-order valence-corrected chi connectivity index (χ2v) is 10.2. The number of likely N-dealkylation sites (tertiary alicyclic amines) is 1. The lowest BCUT2D eigenvalue weighted by molar-refractivity contribution is -0.142. The predicted molar refractivity (Wildman–Crippen MR) is 154 cm³/mol. The van der Waals surface area contributed by atoms with E-state index in [0.29, 0.717) is 51.9 Å². The van der Waals surface area contributed by atoms with Crippen LogP contribution in [0.5, 0.6) is 0 Å². The molecule has 42 heavy (non-hydrogen) atoms. The standard InChI is InChI=1S/C27H43N9O6/c1-39-25(37)6-11-34-9-4-21(5-10-34)29-23-18-24(35-12-16-42-17-13-35)31-27(30-23)28-19-22-20-36(33-32-22)8-3-14-41-15-7-26(38)40-2/h18,20-21H,3-17,19H2,1-2H3,(H2,28,29,30,31). The number of hydrogen-bond acceptors (Lipinski definition) is 14. The van der Waals surface area contributed by atoms with Gasteiger partial charge in [0.05, 0.1) is 59.6 Å². The molecule has 0 aromatic carbocycles. The Morgan fingerprint density at radius 2 is 1.76 bits per heavy atom. The summed E-state index contributed by atoms with van der Waals surface area (Å²) in [7, 11) is 2.79. The van der Waals surface area contributed by atoms with E-state index in [9.17, 15) is 9.59 Å². The van der Waals surface area contributed by atoms with Gasteiger partial charge in [0.1, 0.15) is 17.3 Å². The number of ether oxygens (including phenoxy) is 4. The molecule has 0 bridgehead atoms. The fourth-order valence-electron chi connectivity index (χ4n) is 4.79. The summed E-state index contributed by atoms with van der Waals surface area (Å²) in [5.74, 6) is 1.70. The highest BCUT2D eigenvalue weighted by Gasteiger charge is 2.22. The molecule has 0 spiro atoms. The van der Waals surface area contributed by atoms with Gasteiger partial charge >= 0.3 is 11.9 Å². The molecule has 0 radical (unpaired) electrons. The topological polar surface area (TPSA) is 158 Å². The largest absolute Gasteiger partial charge is 0.469 e. The van der Waals surface area contributed by atoms with Crippen LogP contribution in [0.1, 0.15) is 37.8 Å². The first kappa shape index (κ1) is 31.4. The van der Waals surface area contributed by atoms with Crippen molar-refractivity contribution in [3.63, 3.8) is 0 Å². The van der Waals surface area contributed by atoms with Crippen LogP contribution in [0.25, 0.3) is 0 Å². The molecule has 0 saturated carbocycles. The maximum Gasteiger partial charge on any atom is 0.307 e. The van der Waals surface area contributed by atoms with Crippen molar-refractivity contribution >= 4 is 29.5 Å². The molecule has 0 amide bonds. The van der Waals surface area contributed by atoms with Gasteiger partial charge < -0.3 is 39.4 Å². The zero-order valence-electron chi connectivity index (χ0n) is 24.6. The average molecular weight is 590 g/mol. The molecular formula is C27H43N9O6. The van der Waals surface area contributed by atoms with Gasteiger partial charge in [0.15, 0.2) is 0 Å². The first-order chi connectivity index (χ1) is 20.5. The van der Waals surface area contributed by atoms with Gasteiger partial charge in [-0.15, -0.1) is 5.10 Å². The van der Waals surface area contributed by atoms with Crippen molar-refractivity contribution < 1.29 is 28.5 Å². The Labute approximate surface area is 246 Å². The third kappa shape index (κ3) is 10.4. The second kappa shape index (κ2) is 16.8. The SMILES string of the molecule is COC(=O)CCOCCCn1cc(CNc2nc(NC3CCN(CCC(=O)OC)CC3)cc(N3CCOCC3)n2)nn1. The summed E-state index contributed by atoms with van der Waals surface area (Å²) in [4.78, 5) is 36.7. The number of aryl methyl sites for hydroxylation is 1. The van der Waals surface area contributed by atoms with E-state index in [4.69, 9.17) is 24.2 Å². The molecular weight excluding hydrogens is 546 g/mol. The molecule has 2 aliphatic heterocycles. The third-order valence-corrected chi connectivity index (χ3v) is 7.21. The normalized spacial score (nSPS) is 16.3. The monoisotopic (exact) mass is 589 g/mol. The van der Waals surface area contributed by atoms with Crippen LogP contribution in [-0.2, 0) is 41.6 Å². The van der Waals surface area contributed by atoms with E-state index in [0.717, 1.165) is 69.3 Å². The quantitative estimate of drug-likeness (QED) is 0.210. The van der Waals surface area contributed by atoms with Crippen LogP contribution in [0.4, 0.5) is 17.6 Å². The molecule has 0 unspecified atom stereocenters. The summed E-state index contributed by atoms with van der Waals surface area (Å²) in [6.45, 7) is 7.38. The van der Waals surface area contributed by atoms with E-state index in [-0.39, 0.29) is 24.4 Å². The molecule has 2 saturated heterocycles. The Kier molecular flexibility index (Phi) is 12.5. The Hall–Kier alpha value is -3.56. The number of morpholine rings is 1. The Balaban J connectivity index is 1.28.